The summed E-state index contributed by atoms with van der Waals surface area (Å²) in [5.41, 5.74) is 0.770. The predicted molar refractivity (Wildman–Crippen MR) is 55.7 cm³/mol. The number of carbonyl (C=O) groups is 1. The Morgan fingerprint density at radius 1 is 1.53 bits per heavy atom. The van der Waals surface area contributed by atoms with E-state index in [0.29, 0.717) is 6.42 Å². The molecule has 0 radical (unpaired) electrons. The van der Waals surface area contributed by atoms with Crippen molar-refractivity contribution in [3.8, 4) is 0 Å². The monoisotopic (exact) mass is 208 g/mol. The van der Waals surface area contributed by atoms with Crippen LogP contribution in [0.15, 0.2) is 36.9 Å². The molecule has 1 rings (SSSR count). The maximum absolute atomic E-state index is 12.7. The SMILES string of the molecule is C=CC[C@@H](OC(C)=O)c1ccc(F)cc1. The molecule has 0 heterocycles. The topological polar surface area (TPSA) is 26.3 Å². The van der Waals surface area contributed by atoms with Crippen molar-refractivity contribution in [3.05, 3.63) is 48.3 Å². The third-order valence-corrected chi connectivity index (χ3v) is 1.93. The van der Waals surface area contributed by atoms with E-state index in [1.807, 2.05) is 0 Å². The lowest BCUT2D eigenvalue weighted by molar-refractivity contribution is -0.146. The number of carbonyl (C=O) groups excluding carboxylic acids is 1. The van der Waals surface area contributed by atoms with E-state index < -0.39 is 0 Å². The van der Waals surface area contributed by atoms with Gasteiger partial charge in [-0.05, 0) is 17.7 Å². The Hall–Kier alpha value is -1.64. The van der Waals surface area contributed by atoms with Gasteiger partial charge < -0.3 is 4.74 Å². The van der Waals surface area contributed by atoms with Crippen molar-refractivity contribution < 1.29 is 13.9 Å². The molecule has 1 atom stereocenters. The first-order valence-corrected chi connectivity index (χ1v) is 4.67. The summed E-state index contributed by atoms with van der Waals surface area (Å²) in [4.78, 5) is 10.8. The summed E-state index contributed by atoms with van der Waals surface area (Å²) < 4.78 is 17.8. The summed E-state index contributed by atoms with van der Waals surface area (Å²) in [5, 5.41) is 0. The molecule has 0 unspecified atom stereocenters. The van der Waals surface area contributed by atoms with Crippen LogP contribution in [0.3, 0.4) is 0 Å². The van der Waals surface area contributed by atoms with E-state index >= 15 is 0 Å². The van der Waals surface area contributed by atoms with Gasteiger partial charge in [0.25, 0.3) is 0 Å². The van der Waals surface area contributed by atoms with Crippen LogP contribution in [0.5, 0.6) is 0 Å². The lowest BCUT2D eigenvalue weighted by Gasteiger charge is -2.15. The molecular weight excluding hydrogens is 195 g/mol. The fourth-order valence-electron chi connectivity index (χ4n) is 1.28. The Morgan fingerprint density at radius 3 is 2.60 bits per heavy atom. The minimum absolute atomic E-state index is 0.307. The largest absolute Gasteiger partial charge is 0.457 e. The number of hydrogen-bond donors (Lipinski definition) is 0. The first-order valence-electron chi connectivity index (χ1n) is 4.67. The van der Waals surface area contributed by atoms with Crippen LogP contribution in [-0.4, -0.2) is 5.97 Å². The Kier molecular flexibility index (Phi) is 4.03. The van der Waals surface area contributed by atoms with Gasteiger partial charge >= 0.3 is 5.97 Å². The predicted octanol–water partition coefficient (Wildman–Crippen LogP) is 3.01. The second kappa shape index (κ2) is 5.29. The fraction of sp³-hybridized carbons (Fsp3) is 0.250. The molecule has 0 fully saturated rings. The molecule has 0 spiro atoms. The molecule has 2 nitrogen and oxygen atoms in total. The van der Waals surface area contributed by atoms with Gasteiger partial charge in [0.15, 0.2) is 0 Å². The highest BCUT2D eigenvalue weighted by Crippen LogP contribution is 2.21. The molecule has 0 N–H and O–H groups in total. The van der Waals surface area contributed by atoms with E-state index in [-0.39, 0.29) is 17.9 Å². The zero-order valence-corrected chi connectivity index (χ0v) is 8.57. The summed E-state index contributed by atoms with van der Waals surface area (Å²) in [5.74, 6) is -0.662. The van der Waals surface area contributed by atoms with E-state index in [1.165, 1.54) is 19.1 Å². The summed E-state index contributed by atoms with van der Waals surface area (Å²) in [6, 6.07) is 5.89. The minimum Gasteiger partial charge on any atom is -0.457 e. The van der Waals surface area contributed by atoms with Gasteiger partial charge in [-0.25, -0.2) is 4.39 Å². The number of halogens is 1. The molecule has 0 aliphatic carbocycles. The van der Waals surface area contributed by atoms with Crippen LogP contribution in [0.1, 0.15) is 25.0 Å². The highest BCUT2D eigenvalue weighted by atomic mass is 19.1. The molecule has 1 aromatic carbocycles. The van der Waals surface area contributed by atoms with Crippen LogP contribution in [0.4, 0.5) is 4.39 Å². The zero-order valence-electron chi connectivity index (χ0n) is 8.57. The molecule has 0 amide bonds. The summed E-state index contributed by atoms with van der Waals surface area (Å²) in [6.07, 6.45) is 1.81. The van der Waals surface area contributed by atoms with Crippen LogP contribution < -0.4 is 0 Å². The van der Waals surface area contributed by atoms with Crippen molar-refractivity contribution in [1.29, 1.82) is 0 Å². The number of hydrogen-bond acceptors (Lipinski definition) is 2. The van der Waals surface area contributed by atoms with Crippen LogP contribution in [0.2, 0.25) is 0 Å². The van der Waals surface area contributed by atoms with Gasteiger partial charge in [0, 0.05) is 13.3 Å². The zero-order chi connectivity index (χ0) is 11.3. The lowest BCUT2D eigenvalue weighted by atomic mass is 10.1. The highest BCUT2D eigenvalue weighted by molar-refractivity contribution is 5.66. The first kappa shape index (κ1) is 11.4. The number of rotatable bonds is 4. The van der Waals surface area contributed by atoms with Crippen molar-refractivity contribution in [3.63, 3.8) is 0 Å². The average molecular weight is 208 g/mol. The Bertz CT molecular complexity index is 343. The lowest BCUT2D eigenvalue weighted by Crippen LogP contribution is -2.07. The van der Waals surface area contributed by atoms with E-state index in [9.17, 15) is 9.18 Å². The van der Waals surface area contributed by atoms with Crippen molar-refractivity contribution >= 4 is 5.97 Å². The van der Waals surface area contributed by atoms with Gasteiger partial charge in [0.05, 0.1) is 0 Å². The second-order valence-electron chi connectivity index (χ2n) is 3.17. The molecule has 0 aliphatic rings. The molecule has 80 valence electrons. The summed E-state index contributed by atoms with van der Waals surface area (Å²) in [6.45, 7) is 4.93. The van der Waals surface area contributed by atoms with E-state index in [2.05, 4.69) is 6.58 Å². The Balaban J connectivity index is 2.83. The molecule has 0 saturated carbocycles. The van der Waals surface area contributed by atoms with E-state index in [1.54, 1.807) is 18.2 Å². The summed E-state index contributed by atoms with van der Waals surface area (Å²) in [7, 11) is 0. The average Bonchev–Trinajstić information content (AvgIpc) is 2.17. The number of esters is 1. The smallest absolute Gasteiger partial charge is 0.303 e. The van der Waals surface area contributed by atoms with Gasteiger partial charge in [-0.1, -0.05) is 18.2 Å². The highest BCUT2D eigenvalue weighted by Gasteiger charge is 2.12. The molecule has 1 aromatic rings. The molecule has 0 saturated heterocycles. The molecule has 0 aromatic heterocycles. The van der Waals surface area contributed by atoms with Crippen LogP contribution in [-0.2, 0) is 9.53 Å². The van der Waals surface area contributed by atoms with Gasteiger partial charge in [-0.15, -0.1) is 6.58 Å². The van der Waals surface area contributed by atoms with E-state index in [0.717, 1.165) is 5.56 Å². The van der Waals surface area contributed by atoms with Crippen molar-refractivity contribution in [2.75, 3.05) is 0 Å². The molecule has 3 heteroatoms. The van der Waals surface area contributed by atoms with Gasteiger partial charge in [0.1, 0.15) is 11.9 Å². The second-order valence-corrected chi connectivity index (χ2v) is 3.17. The molecule has 0 bridgehead atoms. The standard InChI is InChI=1S/C12H13FO2/c1-3-4-12(15-9(2)14)10-5-7-11(13)8-6-10/h3,5-8,12H,1,4H2,2H3/t12-/m1/s1. The summed E-state index contributed by atoms with van der Waals surface area (Å²) >= 11 is 0. The van der Waals surface area contributed by atoms with E-state index in [4.69, 9.17) is 4.74 Å². The van der Waals surface area contributed by atoms with Crippen molar-refractivity contribution in [1.82, 2.24) is 0 Å². The van der Waals surface area contributed by atoms with Gasteiger partial charge in [0.2, 0.25) is 0 Å². The van der Waals surface area contributed by atoms with Crippen molar-refractivity contribution in [2.45, 2.75) is 19.4 Å². The third kappa shape index (κ3) is 3.54. The minimum atomic E-state index is -0.374. The molecule has 15 heavy (non-hydrogen) atoms. The van der Waals surface area contributed by atoms with Crippen molar-refractivity contribution in [2.24, 2.45) is 0 Å². The number of ether oxygens (including phenoxy) is 1. The van der Waals surface area contributed by atoms with Crippen LogP contribution >= 0.6 is 0 Å². The third-order valence-electron chi connectivity index (χ3n) is 1.93. The van der Waals surface area contributed by atoms with Gasteiger partial charge in [-0.3, -0.25) is 4.79 Å². The first-order chi connectivity index (χ1) is 7.13. The molecular formula is C12H13FO2. The molecule has 0 aliphatic heterocycles. The Labute approximate surface area is 88.4 Å². The van der Waals surface area contributed by atoms with Crippen LogP contribution in [0.25, 0.3) is 0 Å². The maximum Gasteiger partial charge on any atom is 0.303 e. The fourth-order valence-corrected chi connectivity index (χ4v) is 1.28. The Morgan fingerprint density at radius 2 is 2.13 bits per heavy atom. The quantitative estimate of drug-likeness (QED) is 0.561. The number of benzene rings is 1. The van der Waals surface area contributed by atoms with Gasteiger partial charge in [-0.2, -0.15) is 0 Å². The maximum atomic E-state index is 12.7. The van der Waals surface area contributed by atoms with Crippen LogP contribution in [0, 0.1) is 5.82 Å². The normalized spacial score (nSPS) is 11.9.